The number of amides is 1. The number of nitrogens with zero attached hydrogens (tertiary/aromatic N) is 2. The third-order valence-corrected chi connectivity index (χ3v) is 3.53. The van der Waals surface area contributed by atoms with E-state index >= 15 is 0 Å². The standard InChI is InChI=1S/C13H10ClF3N2O2/c14-9-3-8(2-1-7(9)6-18)19-10(5-13(15,16)17)11(20)4-12(19)21/h1-3,10-11,20H,4-5H2/t10-,11-/m0/s1. The molecule has 1 aliphatic rings. The number of hydrogen-bond donors (Lipinski definition) is 1. The topological polar surface area (TPSA) is 64.3 Å². The minimum Gasteiger partial charge on any atom is -0.390 e. The summed E-state index contributed by atoms with van der Waals surface area (Å²) in [6, 6.07) is 4.34. The first-order valence-electron chi connectivity index (χ1n) is 5.99. The van der Waals surface area contributed by atoms with Crippen LogP contribution in [0.1, 0.15) is 18.4 Å². The van der Waals surface area contributed by atoms with E-state index in [1.165, 1.54) is 18.2 Å². The highest BCUT2D eigenvalue weighted by molar-refractivity contribution is 6.32. The van der Waals surface area contributed by atoms with Crippen LogP contribution in [0.25, 0.3) is 0 Å². The Hall–Kier alpha value is -1.78. The normalized spacial score (nSPS) is 22.5. The highest BCUT2D eigenvalue weighted by atomic mass is 35.5. The first-order valence-corrected chi connectivity index (χ1v) is 6.37. The monoisotopic (exact) mass is 318 g/mol. The molecule has 1 fully saturated rings. The average molecular weight is 319 g/mol. The van der Waals surface area contributed by atoms with Gasteiger partial charge in [0.1, 0.15) is 6.07 Å². The van der Waals surface area contributed by atoms with Gasteiger partial charge in [-0.15, -0.1) is 0 Å². The number of nitriles is 1. The van der Waals surface area contributed by atoms with E-state index in [1.807, 2.05) is 6.07 Å². The molecule has 1 aromatic rings. The van der Waals surface area contributed by atoms with Gasteiger partial charge < -0.3 is 10.0 Å². The molecule has 0 aromatic heterocycles. The summed E-state index contributed by atoms with van der Waals surface area (Å²) < 4.78 is 37.7. The summed E-state index contributed by atoms with van der Waals surface area (Å²) >= 11 is 5.83. The lowest BCUT2D eigenvalue weighted by Gasteiger charge is -2.27. The van der Waals surface area contributed by atoms with Gasteiger partial charge in [0.2, 0.25) is 5.91 Å². The van der Waals surface area contributed by atoms with Crippen molar-refractivity contribution < 1.29 is 23.1 Å². The second-order valence-electron chi connectivity index (χ2n) is 4.70. The fourth-order valence-electron chi connectivity index (χ4n) is 2.31. The van der Waals surface area contributed by atoms with Gasteiger partial charge in [-0.25, -0.2) is 0 Å². The third kappa shape index (κ3) is 3.28. The maximum atomic E-state index is 12.6. The Balaban J connectivity index is 2.37. The molecule has 4 nitrogen and oxygen atoms in total. The molecule has 0 radical (unpaired) electrons. The molecular weight excluding hydrogens is 309 g/mol. The van der Waals surface area contributed by atoms with Crippen LogP contribution in [-0.4, -0.2) is 29.3 Å². The van der Waals surface area contributed by atoms with Crippen molar-refractivity contribution in [3.05, 3.63) is 28.8 Å². The number of aliphatic hydroxyl groups excluding tert-OH is 1. The van der Waals surface area contributed by atoms with E-state index in [9.17, 15) is 23.1 Å². The van der Waals surface area contributed by atoms with Crippen LogP contribution in [0.15, 0.2) is 18.2 Å². The van der Waals surface area contributed by atoms with Crippen LogP contribution in [-0.2, 0) is 4.79 Å². The second kappa shape index (κ2) is 5.54. The van der Waals surface area contributed by atoms with Gasteiger partial charge in [0.05, 0.1) is 35.6 Å². The second-order valence-corrected chi connectivity index (χ2v) is 5.11. The van der Waals surface area contributed by atoms with Crippen LogP contribution in [0.5, 0.6) is 0 Å². The summed E-state index contributed by atoms with van der Waals surface area (Å²) in [5.74, 6) is -0.613. The molecule has 2 atom stereocenters. The zero-order valence-corrected chi connectivity index (χ0v) is 11.3. The largest absolute Gasteiger partial charge is 0.391 e. The van der Waals surface area contributed by atoms with Crippen molar-refractivity contribution in [1.29, 1.82) is 5.26 Å². The van der Waals surface area contributed by atoms with Crippen molar-refractivity contribution in [3.63, 3.8) is 0 Å². The molecule has 1 N–H and O–H groups in total. The minimum atomic E-state index is -4.51. The van der Waals surface area contributed by atoms with Crippen LogP contribution in [0, 0.1) is 11.3 Å². The van der Waals surface area contributed by atoms with Crippen LogP contribution < -0.4 is 4.90 Å². The van der Waals surface area contributed by atoms with Crippen molar-refractivity contribution in [1.82, 2.24) is 0 Å². The quantitative estimate of drug-likeness (QED) is 0.911. The lowest BCUT2D eigenvalue weighted by molar-refractivity contribution is -0.142. The predicted molar refractivity (Wildman–Crippen MR) is 68.7 cm³/mol. The molecule has 1 aliphatic heterocycles. The molecule has 0 unspecified atom stereocenters. The Morgan fingerprint density at radius 1 is 1.48 bits per heavy atom. The minimum absolute atomic E-state index is 0.0370. The molecule has 0 bridgehead atoms. The van der Waals surface area contributed by atoms with Crippen LogP contribution in [0.2, 0.25) is 5.02 Å². The van der Waals surface area contributed by atoms with Crippen LogP contribution in [0.3, 0.4) is 0 Å². The van der Waals surface area contributed by atoms with E-state index in [1.54, 1.807) is 0 Å². The molecule has 21 heavy (non-hydrogen) atoms. The van der Waals surface area contributed by atoms with E-state index in [-0.39, 0.29) is 22.7 Å². The number of anilines is 1. The highest BCUT2D eigenvalue weighted by Crippen LogP contribution is 2.35. The Bertz CT molecular complexity index is 612. The molecule has 1 amide bonds. The molecule has 0 saturated carbocycles. The average Bonchev–Trinajstić information content (AvgIpc) is 2.62. The number of halogens is 4. The Morgan fingerprint density at radius 2 is 2.14 bits per heavy atom. The van der Waals surface area contributed by atoms with E-state index in [0.29, 0.717) is 0 Å². The molecule has 2 rings (SSSR count). The fraction of sp³-hybridized carbons (Fsp3) is 0.385. The molecule has 1 heterocycles. The smallest absolute Gasteiger partial charge is 0.390 e. The van der Waals surface area contributed by atoms with Gasteiger partial charge in [-0.1, -0.05) is 11.6 Å². The lowest BCUT2D eigenvalue weighted by Crippen LogP contribution is -2.40. The van der Waals surface area contributed by atoms with Crippen molar-refractivity contribution in [2.45, 2.75) is 31.2 Å². The zero-order chi connectivity index (χ0) is 15.8. The van der Waals surface area contributed by atoms with Crippen molar-refractivity contribution in [2.75, 3.05) is 4.90 Å². The Kier molecular flexibility index (Phi) is 4.12. The summed E-state index contributed by atoms with van der Waals surface area (Å²) in [7, 11) is 0. The SMILES string of the molecule is N#Cc1ccc(N2C(=O)C[C@H](O)[C@@H]2CC(F)(F)F)cc1Cl. The number of benzene rings is 1. The van der Waals surface area contributed by atoms with Gasteiger partial charge in [-0.05, 0) is 18.2 Å². The van der Waals surface area contributed by atoms with Gasteiger partial charge in [-0.2, -0.15) is 18.4 Å². The first-order chi connectivity index (χ1) is 9.73. The molecule has 1 saturated heterocycles. The fourth-order valence-corrected chi connectivity index (χ4v) is 2.53. The van der Waals surface area contributed by atoms with Gasteiger partial charge in [-0.3, -0.25) is 4.79 Å². The summed E-state index contributed by atoms with van der Waals surface area (Å²) in [4.78, 5) is 12.7. The Labute approximate surface area is 123 Å². The number of rotatable bonds is 2. The van der Waals surface area contributed by atoms with Gasteiger partial charge in [0.25, 0.3) is 0 Å². The van der Waals surface area contributed by atoms with E-state index in [4.69, 9.17) is 16.9 Å². The van der Waals surface area contributed by atoms with Gasteiger partial charge >= 0.3 is 6.18 Å². The van der Waals surface area contributed by atoms with E-state index in [2.05, 4.69) is 0 Å². The third-order valence-electron chi connectivity index (χ3n) is 3.22. The summed E-state index contributed by atoms with van der Waals surface area (Å²) in [6.45, 7) is 0. The maximum Gasteiger partial charge on any atom is 0.391 e. The van der Waals surface area contributed by atoms with Crippen molar-refractivity contribution >= 4 is 23.2 Å². The molecule has 1 aromatic carbocycles. The number of carbonyl (C=O) groups excluding carboxylic acids is 1. The van der Waals surface area contributed by atoms with Gasteiger partial charge in [0, 0.05) is 5.69 Å². The molecule has 8 heteroatoms. The van der Waals surface area contributed by atoms with Crippen LogP contribution >= 0.6 is 11.6 Å². The maximum absolute atomic E-state index is 12.6. The van der Waals surface area contributed by atoms with Gasteiger partial charge in [0.15, 0.2) is 0 Å². The zero-order valence-electron chi connectivity index (χ0n) is 10.6. The lowest BCUT2D eigenvalue weighted by atomic mass is 10.1. The first kappa shape index (κ1) is 15.6. The van der Waals surface area contributed by atoms with E-state index in [0.717, 1.165) is 4.90 Å². The molecular formula is C13H10ClF3N2O2. The summed E-state index contributed by atoms with van der Waals surface area (Å²) in [5.41, 5.74) is 0.287. The molecule has 0 spiro atoms. The molecule has 112 valence electrons. The number of alkyl halides is 3. The van der Waals surface area contributed by atoms with Crippen molar-refractivity contribution in [3.8, 4) is 6.07 Å². The number of aliphatic hydroxyl groups is 1. The number of carbonyl (C=O) groups is 1. The molecule has 0 aliphatic carbocycles. The van der Waals surface area contributed by atoms with Crippen LogP contribution in [0.4, 0.5) is 18.9 Å². The number of hydrogen-bond acceptors (Lipinski definition) is 3. The summed E-state index contributed by atoms with van der Waals surface area (Å²) in [5, 5.41) is 18.5. The predicted octanol–water partition coefficient (Wildman–Crippen LogP) is 2.63. The van der Waals surface area contributed by atoms with E-state index < -0.39 is 30.7 Å². The van der Waals surface area contributed by atoms with Crippen molar-refractivity contribution in [2.24, 2.45) is 0 Å². The summed E-state index contributed by atoms with van der Waals surface area (Å²) in [6.07, 6.45) is -7.59. The Morgan fingerprint density at radius 3 is 2.67 bits per heavy atom. The highest BCUT2D eigenvalue weighted by Gasteiger charge is 2.45.